The first-order chi connectivity index (χ1) is 23.0. The maximum atomic E-state index is 6.52. The highest BCUT2D eigenvalue weighted by atomic mass is 16.5. The van der Waals surface area contributed by atoms with Crippen molar-refractivity contribution >= 4 is 44.9 Å². The minimum absolute atomic E-state index is 0.261. The first-order valence-electron chi connectivity index (χ1n) is 16.3. The van der Waals surface area contributed by atoms with Crippen LogP contribution in [0, 0.1) is 6.92 Å². The zero-order valence-electron chi connectivity index (χ0n) is 26.7. The summed E-state index contributed by atoms with van der Waals surface area (Å²) in [6.07, 6.45) is 0. The summed E-state index contributed by atoms with van der Waals surface area (Å²) in [5, 5.41) is 2.45. The molecule has 226 valence electrons. The summed E-state index contributed by atoms with van der Waals surface area (Å²) < 4.78 is 6.52. The summed E-state index contributed by atoms with van der Waals surface area (Å²) in [7, 11) is 0. The van der Waals surface area contributed by atoms with Gasteiger partial charge in [0.05, 0.1) is 17.1 Å². The van der Waals surface area contributed by atoms with E-state index in [2.05, 4.69) is 182 Å². The van der Waals surface area contributed by atoms with Gasteiger partial charge in [0.25, 0.3) is 0 Å². The fourth-order valence-electron chi connectivity index (χ4n) is 7.51. The Balaban J connectivity index is 1.24. The van der Waals surface area contributed by atoms with Crippen molar-refractivity contribution in [2.45, 2.75) is 26.2 Å². The normalized spacial score (nSPS) is 13.7. The fourth-order valence-corrected chi connectivity index (χ4v) is 7.51. The molecule has 0 aliphatic carbocycles. The predicted octanol–water partition coefficient (Wildman–Crippen LogP) is 12.5. The van der Waals surface area contributed by atoms with E-state index in [1.165, 1.54) is 44.3 Å². The highest BCUT2D eigenvalue weighted by molar-refractivity contribution is 5.96. The lowest BCUT2D eigenvalue weighted by molar-refractivity contribution is 0.471. The Morgan fingerprint density at radius 3 is 1.96 bits per heavy atom. The van der Waals surface area contributed by atoms with Crippen LogP contribution in [0.25, 0.3) is 21.9 Å². The van der Waals surface area contributed by atoms with E-state index in [1.807, 2.05) is 0 Å². The van der Waals surface area contributed by atoms with Gasteiger partial charge in [0, 0.05) is 22.5 Å². The smallest absolute Gasteiger partial charge is 0.151 e. The van der Waals surface area contributed by atoms with Crippen molar-refractivity contribution in [2.75, 3.05) is 9.80 Å². The van der Waals surface area contributed by atoms with Gasteiger partial charge in [0.2, 0.25) is 0 Å². The molecule has 0 aromatic heterocycles. The van der Waals surface area contributed by atoms with Crippen molar-refractivity contribution in [3.8, 4) is 22.6 Å². The zero-order valence-corrected chi connectivity index (χ0v) is 26.7. The third-order valence-electron chi connectivity index (χ3n) is 9.92. The molecule has 7 aromatic rings. The van der Waals surface area contributed by atoms with Gasteiger partial charge >= 0.3 is 0 Å². The lowest BCUT2D eigenvalue weighted by Crippen LogP contribution is -2.32. The molecule has 0 atom stereocenters. The van der Waals surface area contributed by atoms with Crippen molar-refractivity contribution in [2.24, 2.45) is 0 Å². The molecule has 2 aliphatic heterocycles. The van der Waals surface area contributed by atoms with Gasteiger partial charge < -0.3 is 14.5 Å². The van der Waals surface area contributed by atoms with Crippen molar-refractivity contribution in [1.29, 1.82) is 0 Å². The Morgan fingerprint density at radius 1 is 0.511 bits per heavy atom. The van der Waals surface area contributed by atoms with Gasteiger partial charge in [-0.1, -0.05) is 111 Å². The molecule has 0 amide bonds. The van der Waals surface area contributed by atoms with Crippen LogP contribution in [0.5, 0.6) is 11.5 Å². The molecular formula is C44H34N2O. The number of nitrogens with zero attached hydrogens (tertiary/aromatic N) is 2. The predicted molar refractivity (Wildman–Crippen MR) is 196 cm³/mol. The number of hydrogen-bond acceptors (Lipinski definition) is 3. The van der Waals surface area contributed by atoms with E-state index in [0.29, 0.717) is 0 Å². The summed E-state index contributed by atoms with van der Waals surface area (Å²) in [6.45, 7) is 6.85. The molecule has 2 aliphatic rings. The van der Waals surface area contributed by atoms with Crippen LogP contribution in [0.15, 0.2) is 152 Å². The first kappa shape index (κ1) is 27.5. The number of anilines is 6. The van der Waals surface area contributed by atoms with Gasteiger partial charge in [0.1, 0.15) is 0 Å². The molecule has 7 aromatic carbocycles. The largest absolute Gasteiger partial charge is 0.453 e. The number of benzene rings is 7. The van der Waals surface area contributed by atoms with Gasteiger partial charge in [-0.05, 0) is 100 Å². The maximum Gasteiger partial charge on any atom is 0.151 e. The molecule has 3 nitrogen and oxygen atoms in total. The molecule has 0 fully saturated rings. The molecule has 47 heavy (non-hydrogen) atoms. The van der Waals surface area contributed by atoms with E-state index in [0.717, 1.165) is 39.9 Å². The molecule has 0 saturated carbocycles. The second-order valence-corrected chi connectivity index (χ2v) is 13.1. The van der Waals surface area contributed by atoms with E-state index in [9.17, 15) is 0 Å². The molecule has 0 radical (unpaired) electrons. The maximum absolute atomic E-state index is 6.52. The summed E-state index contributed by atoms with van der Waals surface area (Å²) in [4.78, 5) is 4.82. The van der Waals surface area contributed by atoms with Crippen LogP contribution in [0.4, 0.5) is 34.1 Å². The van der Waals surface area contributed by atoms with E-state index in [1.54, 1.807) is 0 Å². The molecule has 9 rings (SSSR count). The molecule has 0 unspecified atom stereocenters. The Kier molecular flexibility index (Phi) is 6.07. The summed E-state index contributed by atoms with van der Waals surface area (Å²) in [5.74, 6) is 1.79. The second-order valence-electron chi connectivity index (χ2n) is 13.1. The number of rotatable bonds is 4. The lowest BCUT2D eigenvalue weighted by Gasteiger charge is -2.45. The number of ether oxygens (including phenoxy) is 1. The minimum atomic E-state index is -0.261. The quantitative estimate of drug-likeness (QED) is 0.198. The van der Waals surface area contributed by atoms with E-state index >= 15 is 0 Å². The van der Waals surface area contributed by atoms with Crippen LogP contribution in [0.1, 0.15) is 30.5 Å². The molecule has 3 heteroatoms. The van der Waals surface area contributed by atoms with Gasteiger partial charge in [-0.3, -0.25) is 0 Å². The van der Waals surface area contributed by atoms with Crippen LogP contribution in [-0.2, 0) is 5.41 Å². The van der Waals surface area contributed by atoms with E-state index < -0.39 is 0 Å². The Hall–Kier alpha value is -5.80. The Bertz CT molecular complexity index is 2320. The minimum Gasteiger partial charge on any atom is -0.453 e. The SMILES string of the molecule is Cc1cccc2c1N1c3ccc(N(c4ccc(-c5ccccc5)cc4)c4ccc5ccccc5c4)cc3C(C)(C)c3cccc(c31)O2. The van der Waals surface area contributed by atoms with E-state index in [4.69, 9.17) is 4.74 Å². The third-order valence-corrected chi connectivity index (χ3v) is 9.92. The van der Waals surface area contributed by atoms with Crippen molar-refractivity contribution in [1.82, 2.24) is 0 Å². The van der Waals surface area contributed by atoms with Crippen LogP contribution in [0.2, 0.25) is 0 Å². The number of para-hydroxylation sites is 2. The van der Waals surface area contributed by atoms with Crippen molar-refractivity contribution in [3.63, 3.8) is 0 Å². The van der Waals surface area contributed by atoms with Gasteiger partial charge in [-0.25, -0.2) is 0 Å². The summed E-state index contributed by atoms with van der Waals surface area (Å²) >= 11 is 0. The van der Waals surface area contributed by atoms with Crippen molar-refractivity contribution < 1.29 is 4.74 Å². The molecular weight excluding hydrogens is 572 g/mol. The van der Waals surface area contributed by atoms with Crippen LogP contribution < -0.4 is 14.5 Å². The Labute approximate surface area is 275 Å². The second kappa shape index (κ2) is 10.4. The summed E-state index contributed by atoms with van der Waals surface area (Å²) in [5.41, 5.74) is 12.7. The first-order valence-corrected chi connectivity index (χ1v) is 16.3. The highest BCUT2D eigenvalue weighted by Crippen LogP contribution is 2.61. The lowest BCUT2D eigenvalue weighted by atomic mass is 9.73. The van der Waals surface area contributed by atoms with Gasteiger partial charge in [0.15, 0.2) is 11.5 Å². The fraction of sp³-hybridized carbons (Fsp3) is 0.0909. The van der Waals surface area contributed by atoms with Crippen LogP contribution in [-0.4, -0.2) is 0 Å². The number of hydrogen-bond donors (Lipinski definition) is 0. The standard InChI is InChI=1S/C44H34N2O/c1-29-11-9-17-40-42(29)46-39-26-25-36(28-38(39)44(2,3)37-16-10-18-41(47-40)43(37)46)45(35-24-21-31-14-7-8-15-33(31)27-35)34-22-19-32(20-23-34)30-12-5-4-6-13-30/h4-28H,1-3H3. The topological polar surface area (TPSA) is 15.7 Å². The van der Waals surface area contributed by atoms with Crippen molar-refractivity contribution in [3.05, 3.63) is 168 Å². The summed E-state index contributed by atoms with van der Waals surface area (Å²) in [6, 6.07) is 54.6. The third kappa shape index (κ3) is 4.27. The molecule has 2 heterocycles. The monoisotopic (exact) mass is 606 g/mol. The van der Waals surface area contributed by atoms with Gasteiger partial charge in [-0.15, -0.1) is 0 Å². The van der Waals surface area contributed by atoms with Crippen LogP contribution in [0.3, 0.4) is 0 Å². The Morgan fingerprint density at radius 2 is 1.15 bits per heavy atom. The average molecular weight is 607 g/mol. The van der Waals surface area contributed by atoms with Crippen LogP contribution >= 0.6 is 0 Å². The molecule has 0 spiro atoms. The average Bonchev–Trinajstić information content (AvgIpc) is 3.11. The number of fused-ring (bicyclic) bond motifs is 5. The van der Waals surface area contributed by atoms with Gasteiger partial charge in [-0.2, -0.15) is 0 Å². The highest BCUT2D eigenvalue weighted by Gasteiger charge is 2.42. The van der Waals surface area contributed by atoms with E-state index in [-0.39, 0.29) is 5.41 Å². The zero-order chi connectivity index (χ0) is 31.7. The molecule has 0 bridgehead atoms. The molecule has 0 N–H and O–H groups in total. The molecule has 0 saturated heterocycles. The number of aryl methyl sites for hydroxylation is 1.